The quantitative estimate of drug-likeness (QED) is 0.377. The molecule has 1 heterocycles. The lowest BCUT2D eigenvalue weighted by molar-refractivity contribution is -0.284. The summed E-state index contributed by atoms with van der Waals surface area (Å²) in [7, 11) is 0. The summed E-state index contributed by atoms with van der Waals surface area (Å²) in [5.74, 6) is -2.27. The van der Waals surface area contributed by atoms with E-state index in [9.17, 15) is 24.6 Å². The number of hydrogen-bond acceptors (Lipinski definition) is 9. The van der Waals surface area contributed by atoms with Gasteiger partial charge in [-0.2, -0.15) is 0 Å². The number of rotatable bonds is 7. The minimum atomic E-state index is -1.78. The number of aliphatic hydroxyl groups is 2. The molecule has 4 rings (SSSR count). The third kappa shape index (κ3) is 5.95. The fourth-order valence-electron chi connectivity index (χ4n) is 3.66. The van der Waals surface area contributed by atoms with Crippen LogP contribution in [0.4, 0.5) is 0 Å². The van der Waals surface area contributed by atoms with E-state index in [4.69, 9.17) is 18.9 Å². The highest BCUT2D eigenvalue weighted by atomic mass is 16.7. The Morgan fingerprint density at radius 2 is 1.06 bits per heavy atom. The van der Waals surface area contributed by atoms with Crippen molar-refractivity contribution in [2.45, 2.75) is 30.7 Å². The molecular formula is C27H24O9. The molecular weight excluding hydrogens is 468 g/mol. The summed E-state index contributed by atoms with van der Waals surface area (Å²) in [4.78, 5) is 37.6. The van der Waals surface area contributed by atoms with Crippen molar-refractivity contribution in [3.63, 3.8) is 0 Å². The van der Waals surface area contributed by atoms with Gasteiger partial charge >= 0.3 is 17.9 Å². The monoisotopic (exact) mass is 492 g/mol. The smallest absolute Gasteiger partial charge is 0.338 e. The first-order chi connectivity index (χ1) is 17.4. The predicted molar refractivity (Wildman–Crippen MR) is 125 cm³/mol. The minimum absolute atomic E-state index is 0.189. The summed E-state index contributed by atoms with van der Waals surface area (Å²) in [6.45, 7) is -0.450. The molecule has 0 amide bonds. The van der Waals surface area contributed by atoms with Crippen LogP contribution in [0.2, 0.25) is 0 Å². The average molecular weight is 492 g/mol. The zero-order chi connectivity index (χ0) is 25.5. The van der Waals surface area contributed by atoms with Crippen LogP contribution in [0.3, 0.4) is 0 Å². The van der Waals surface area contributed by atoms with Crippen molar-refractivity contribution in [1.82, 2.24) is 0 Å². The second-order valence-corrected chi connectivity index (χ2v) is 7.99. The van der Waals surface area contributed by atoms with Crippen molar-refractivity contribution >= 4 is 17.9 Å². The molecule has 1 fully saturated rings. The lowest BCUT2D eigenvalue weighted by atomic mass is 9.98. The van der Waals surface area contributed by atoms with Crippen LogP contribution in [0.5, 0.6) is 0 Å². The van der Waals surface area contributed by atoms with E-state index >= 15 is 0 Å². The van der Waals surface area contributed by atoms with E-state index in [1.54, 1.807) is 66.7 Å². The molecule has 0 aliphatic carbocycles. The Kier molecular flexibility index (Phi) is 8.06. The van der Waals surface area contributed by atoms with Crippen LogP contribution in [0.1, 0.15) is 31.1 Å². The summed E-state index contributed by atoms with van der Waals surface area (Å²) < 4.78 is 21.6. The van der Waals surface area contributed by atoms with Gasteiger partial charge in [-0.15, -0.1) is 0 Å². The second-order valence-electron chi connectivity index (χ2n) is 7.99. The van der Waals surface area contributed by atoms with Crippen LogP contribution in [0.25, 0.3) is 0 Å². The number of aliphatic hydroxyl groups excluding tert-OH is 2. The Labute approximate surface area is 206 Å². The van der Waals surface area contributed by atoms with Crippen molar-refractivity contribution in [2.75, 3.05) is 6.61 Å². The molecule has 1 saturated heterocycles. The molecule has 1 aliphatic rings. The number of esters is 3. The fourth-order valence-corrected chi connectivity index (χ4v) is 3.66. The summed E-state index contributed by atoms with van der Waals surface area (Å²) in [5.41, 5.74) is 0.671. The number of ether oxygens (including phenoxy) is 4. The third-order valence-corrected chi connectivity index (χ3v) is 5.53. The van der Waals surface area contributed by atoms with Crippen LogP contribution in [0.15, 0.2) is 91.0 Å². The highest BCUT2D eigenvalue weighted by Gasteiger charge is 2.49. The molecule has 0 aromatic heterocycles. The van der Waals surface area contributed by atoms with Gasteiger partial charge in [0.2, 0.25) is 0 Å². The standard InChI is InChI=1S/C27H24O9/c28-21-22(35-25(30)18-12-6-2-7-13-18)20(16-33-24(29)17-10-4-1-5-11-17)34-27(32)23(21)36-26(31)19-14-8-3-9-15-19/h1-15,20-23,27-28,32H,16H2/t20-,21+,22-,23+,27?/m1/s1. The van der Waals surface area contributed by atoms with Crippen molar-refractivity contribution < 1.29 is 43.5 Å². The molecule has 3 aromatic carbocycles. The van der Waals surface area contributed by atoms with Gasteiger partial charge in [0.05, 0.1) is 16.7 Å². The largest absolute Gasteiger partial charge is 0.459 e. The zero-order valence-electron chi connectivity index (χ0n) is 19.0. The number of hydrogen-bond donors (Lipinski definition) is 2. The Morgan fingerprint density at radius 1 is 0.639 bits per heavy atom. The van der Waals surface area contributed by atoms with E-state index in [0.717, 1.165) is 0 Å². The highest BCUT2D eigenvalue weighted by Crippen LogP contribution is 2.27. The van der Waals surface area contributed by atoms with Gasteiger partial charge in [-0.3, -0.25) is 0 Å². The van der Waals surface area contributed by atoms with Crippen LogP contribution >= 0.6 is 0 Å². The molecule has 0 radical (unpaired) electrons. The average Bonchev–Trinajstić information content (AvgIpc) is 2.92. The molecule has 3 aromatic rings. The third-order valence-electron chi connectivity index (χ3n) is 5.53. The van der Waals surface area contributed by atoms with Crippen LogP contribution in [0, 0.1) is 0 Å². The van der Waals surface area contributed by atoms with Crippen molar-refractivity contribution in [2.24, 2.45) is 0 Å². The van der Waals surface area contributed by atoms with E-state index in [1.807, 2.05) is 0 Å². The molecule has 186 valence electrons. The maximum absolute atomic E-state index is 12.7. The van der Waals surface area contributed by atoms with Crippen molar-refractivity contribution in [1.29, 1.82) is 0 Å². The van der Waals surface area contributed by atoms with E-state index in [2.05, 4.69) is 0 Å². The second kappa shape index (κ2) is 11.6. The predicted octanol–water partition coefficient (Wildman–Crippen LogP) is 2.37. The van der Waals surface area contributed by atoms with E-state index in [-0.39, 0.29) is 16.7 Å². The van der Waals surface area contributed by atoms with Gasteiger partial charge in [-0.1, -0.05) is 54.6 Å². The van der Waals surface area contributed by atoms with Gasteiger partial charge in [-0.05, 0) is 36.4 Å². The van der Waals surface area contributed by atoms with Gasteiger partial charge in [0.1, 0.15) is 18.8 Å². The normalized spacial score (nSPS) is 23.3. The number of carbonyl (C=O) groups excluding carboxylic acids is 3. The minimum Gasteiger partial charge on any atom is -0.459 e. The lowest BCUT2D eigenvalue weighted by Crippen LogP contribution is -2.61. The van der Waals surface area contributed by atoms with Gasteiger partial charge < -0.3 is 29.2 Å². The number of carbonyl (C=O) groups is 3. The number of benzene rings is 3. The fraction of sp³-hybridized carbons (Fsp3) is 0.222. The van der Waals surface area contributed by atoms with E-state index in [0.29, 0.717) is 0 Å². The Morgan fingerprint density at radius 3 is 1.53 bits per heavy atom. The first kappa shape index (κ1) is 25.1. The van der Waals surface area contributed by atoms with Crippen LogP contribution < -0.4 is 0 Å². The van der Waals surface area contributed by atoms with Gasteiger partial charge in [0, 0.05) is 0 Å². The van der Waals surface area contributed by atoms with E-state index in [1.165, 1.54) is 24.3 Å². The molecule has 1 unspecified atom stereocenters. The molecule has 9 nitrogen and oxygen atoms in total. The molecule has 0 spiro atoms. The molecule has 2 N–H and O–H groups in total. The first-order valence-corrected chi connectivity index (χ1v) is 11.2. The first-order valence-electron chi connectivity index (χ1n) is 11.2. The molecule has 5 atom stereocenters. The van der Waals surface area contributed by atoms with Crippen molar-refractivity contribution in [3.05, 3.63) is 108 Å². The Bertz CT molecular complexity index is 1170. The maximum Gasteiger partial charge on any atom is 0.338 e. The van der Waals surface area contributed by atoms with Crippen LogP contribution in [-0.4, -0.2) is 65.4 Å². The topological polar surface area (TPSA) is 129 Å². The maximum atomic E-state index is 12.7. The summed E-state index contributed by atoms with van der Waals surface area (Å²) in [6, 6.07) is 24.2. The zero-order valence-corrected chi connectivity index (χ0v) is 19.0. The molecule has 9 heteroatoms. The molecule has 36 heavy (non-hydrogen) atoms. The lowest BCUT2D eigenvalue weighted by Gasteiger charge is -2.41. The Hall–Kier alpha value is -4.05. The van der Waals surface area contributed by atoms with Gasteiger partial charge in [0.15, 0.2) is 18.5 Å². The van der Waals surface area contributed by atoms with Crippen LogP contribution in [-0.2, 0) is 18.9 Å². The molecule has 0 saturated carbocycles. The van der Waals surface area contributed by atoms with Crippen molar-refractivity contribution in [3.8, 4) is 0 Å². The van der Waals surface area contributed by atoms with Gasteiger partial charge in [0.25, 0.3) is 0 Å². The van der Waals surface area contributed by atoms with Gasteiger partial charge in [-0.25, -0.2) is 14.4 Å². The summed E-state index contributed by atoms with van der Waals surface area (Å²) in [5, 5.41) is 21.5. The molecule has 1 aliphatic heterocycles. The molecule has 0 bridgehead atoms. The van der Waals surface area contributed by atoms with E-state index < -0.39 is 55.2 Å². The summed E-state index contributed by atoms with van der Waals surface area (Å²) >= 11 is 0. The highest BCUT2D eigenvalue weighted by molar-refractivity contribution is 5.90. The Balaban J connectivity index is 1.52. The SMILES string of the molecule is O=C(OC[C@H]1OC(O)[C@@H](OC(=O)c2ccccc2)[C@@H](O)[C@@H]1OC(=O)c1ccccc1)c1ccccc1. The summed E-state index contributed by atoms with van der Waals surface area (Å²) in [6.07, 6.45) is -7.72.